The quantitative estimate of drug-likeness (QED) is 0.761. The van der Waals surface area contributed by atoms with Gasteiger partial charge in [0.25, 0.3) is 0 Å². The minimum atomic E-state index is -0.379. The zero-order chi connectivity index (χ0) is 17.1. The van der Waals surface area contributed by atoms with Crippen LogP contribution in [0.2, 0.25) is 5.02 Å². The van der Waals surface area contributed by atoms with Gasteiger partial charge in [-0.3, -0.25) is 14.4 Å². The second kappa shape index (κ2) is 7.21. The van der Waals surface area contributed by atoms with Gasteiger partial charge in [0.05, 0.1) is 5.92 Å². The molecule has 0 bridgehead atoms. The van der Waals surface area contributed by atoms with Crippen LogP contribution in [0, 0.1) is 11.8 Å². The van der Waals surface area contributed by atoms with E-state index in [0.717, 1.165) is 12.8 Å². The van der Waals surface area contributed by atoms with Gasteiger partial charge in [-0.1, -0.05) is 17.7 Å². The van der Waals surface area contributed by atoms with E-state index in [1.54, 1.807) is 29.2 Å². The van der Waals surface area contributed by atoms with Crippen molar-refractivity contribution in [2.75, 3.05) is 24.5 Å². The van der Waals surface area contributed by atoms with E-state index in [9.17, 15) is 14.4 Å². The molecule has 7 heteroatoms. The average molecular weight is 350 g/mol. The molecule has 0 aromatic heterocycles. The fourth-order valence-corrected chi connectivity index (χ4v) is 2.97. The Morgan fingerprint density at radius 2 is 1.79 bits per heavy atom. The van der Waals surface area contributed by atoms with Crippen molar-refractivity contribution in [3.63, 3.8) is 0 Å². The van der Waals surface area contributed by atoms with Crippen molar-refractivity contribution in [3.8, 4) is 0 Å². The van der Waals surface area contributed by atoms with Crippen molar-refractivity contribution in [1.29, 1.82) is 0 Å². The molecule has 1 aliphatic heterocycles. The first kappa shape index (κ1) is 16.8. The normalized spacial score (nSPS) is 20.1. The molecule has 0 spiro atoms. The summed E-state index contributed by atoms with van der Waals surface area (Å²) in [6.45, 7) is 1.14. The van der Waals surface area contributed by atoms with Crippen LogP contribution in [-0.4, -0.2) is 37.4 Å². The lowest BCUT2D eigenvalue weighted by Gasteiger charge is -2.17. The summed E-state index contributed by atoms with van der Waals surface area (Å²) in [5, 5.41) is 6.13. The molecular formula is C17H20ClN3O3. The summed E-state index contributed by atoms with van der Waals surface area (Å²) < 4.78 is 0. The smallest absolute Gasteiger partial charge is 0.227 e. The van der Waals surface area contributed by atoms with Crippen LogP contribution in [0.1, 0.15) is 19.3 Å². The molecule has 24 heavy (non-hydrogen) atoms. The van der Waals surface area contributed by atoms with E-state index in [0.29, 0.717) is 30.3 Å². The number of halogens is 1. The molecule has 1 saturated carbocycles. The van der Waals surface area contributed by atoms with Crippen LogP contribution >= 0.6 is 11.6 Å². The molecule has 2 aliphatic rings. The Balaban J connectivity index is 1.46. The predicted octanol–water partition coefficient (Wildman–Crippen LogP) is 1.34. The van der Waals surface area contributed by atoms with E-state index in [-0.39, 0.29) is 36.0 Å². The molecule has 2 fully saturated rings. The van der Waals surface area contributed by atoms with Gasteiger partial charge in [-0.2, -0.15) is 0 Å². The monoisotopic (exact) mass is 349 g/mol. The number of amides is 3. The van der Waals surface area contributed by atoms with Crippen LogP contribution in [-0.2, 0) is 14.4 Å². The summed E-state index contributed by atoms with van der Waals surface area (Å²) in [6.07, 6.45) is 2.11. The lowest BCUT2D eigenvalue weighted by molar-refractivity contribution is -0.126. The third kappa shape index (κ3) is 4.06. The molecule has 128 valence electrons. The van der Waals surface area contributed by atoms with Crippen LogP contribution in [0.25, 0.3) is 0 Å². The Labute approximate surface area is 145 Å². The molecular weight excluding hydrogens is 330 g/mol. The summed E-state index contributed by atoms with van der Waals surface area (Å²) >= 11 is 5.95. The number of nitrogens with zero attached hydrogens (tertiary/aromatic N) is 1. The van der Waals surface area contributed by atoms with Gasteiger partial charge in [0.15, 0.2) is 0 Å². The van der Waals surface area contributed by atoms with E-state index < -0.39 is 0 Å². The fourth-order valence-electron chi connectivity index (χ4n) is 2.78. The lowest BCUT2D eigenvalue weighted by atomic mass is 10.1. The number of carbonyl (C=O) groups excluding carboxylic acids is 3. The summed E-state index contributed by atoms with van der Waals surface area (Å²) in [4.78, 5) is 37.4. The van der Waals surface area contributed by atoms with Crippen molar-refractivity contribution < 1.29 is 14.4 Å². The number of carbonyl (C=O) groups is 3. The number of benzene rings is 1. The molecule has 2 N–H and O–H groups in total. The topological polar surface area (TPSA) is 78.5 Å². The van der Waals surface area contributed by atoms with Gasteiger partial charge >= 0.3 is 0 Å². The molecule has 1 atom stereocenters. The Kier molecular flexibility index (Phi) is 5.04. The van der Waals surface area contributed by atoms with Gasteiger partial charge in [-0.15, -0.1) is 0 Å². The second-order valence-corrected chi connectivity index (χ2v) is 6.68. The zero-order valence-corrected chi connectivity index (χ0v) is 14.0. The van der Waals surface area contributed by atoms with E-state index in [4.69, 9.17) is 11.6 Å². The van der Waals surface area contributed by atoms with Crippen molar-refractivity contribution in [1.82, 2.24) is 10.6 Å². The molecule has 0 radical (unpaired) electrons. The maximum Gasteiger partial charge on any atom is 0.227 e. The molecule has 1 saturated heterocycles. The number of hydrogen-bond donors (Lipinski definition) is 2. The van der Waals surface area contributed by atoms with Gasteiger partial charge in [0.2, 0.25) is 17.7 Å². The SMILES string of the molecule is O=C(NCCNC(=O)C1CC(=O)N(c2cccc(Cl)c2)C1)C1CC1. The highest BCUT2D eigenvalue weighted by atomic mass is 35.5. The van der Waals surface area contributed by atoms with Crippen LogP contribution in [0.4, 0.5) is 5.69 Å². The van der Waals surface area contributed by atoms with Crippen molar-refractivity contribution in [2.45, 2.75) is 19.3 Å². The van der Waals surface area contributed by atoms with Gasteiger partial charge in [0.1, 0.15) is 0 Å². The standard InChI is InChI=1S/C17H20ClN3O3/c18-13-2-1-3-14(9-13)21-10-12(8-15(21)22)17(24)20-7-6-19-16(23)11-4-5-11/h1-3,9,11-12H,4-8,10H2,(H,19,23)(H,20,24). The molecule has 1 heterocycles. The lowest BCUT2D eigenvalue weighted by Crippen LogP contribution is -2.38. The van der Waals surface area contributed by atoms with Crippen molar-refractivity contribution in [2.24, 2.45) is 11.8 Å². The minimum Gasteiger partial charge on any atom is -0.354 e. The van der Waals surface area contributed by atoms with Gasteiger partial charge in [-0.05, 0) is 31.0 Å². The molecule has 3 rings (SSSR count). The highest BCUT2D eigenvalue weighted by Gasteiger charge is 2.35. The second-order valence-electron chi connectivity index (χ2n) is 6.24. The molecule has 1 aromatic rings. The zero-order valence-electron chi connectivity index (χ0n) is 13.3. The average Bonchev–Trinajstić information content (AvgIpc) is 3.33. The van der Waals surface area contributed by atoms with Crippen LogP contribution in [0.5, 0.6) is 0 Å². The molecule has 6 nitrogen and oxygen atoms in total. The van der Waals surface area contributed by atoms with Crippen molar-refractivity contribution >= 4 is 35.0 Å². The van der Waals surface area contributed by atoms with E-state index in [1.165, 1.54) is 0 Å². The third-order valence-corrected chi connectivity index (χ3v) is 4.52. The molecule has 1 unspecified atom stereocenters. The first-order valence-corrected chi connectivity index (χ1v) is 8.54. The van der Waals surface area contributed by atoms with Crippen LogP contribution in [0.3, 0.4) is 0 Å². The van der Waals surface area contributed by atoms with Crippen molar-refractivity contribution in [3.05, 3.63) is 29.3 Å². The fraction of sp³-hybridized carbons (Fsp3) is 0.471. The number of rotatable bonds is 6. The van der Waals surface area contributed by atoms with Gasteiger partial charge < -0.3 is 15.5 Å². The maximum absolute atomic E-state index is 12.2. The Bertz CT molecular complexity index is 660. The number of nitrogens with one attached hydrogen (secondary N) is 2. The largest absolute Gasteiger partial charge is 0.354 e. The van der Waals surface area contributed by atoms with E-state index in [1.807, 2.05) is 0 Å². The third-order valence-electron chi connectivity index (χ3n) is 4.29. The maximum atomic E-state index is 12.2. The predicted molar refractivity (Wildman–Crippen MR) is 90.7 cm³/mol. The first-order chi connectivity index (χ1) is 11.5. The first-order valence-electron chi connectivity index (χ1n) is 8.16. The molecule has 3 amide bonds. The number of anilines is 1. The van der Waals surface area contributed by atoms with E-state index >= 15 is 0 Å². The summed E-state index contributed by atoms with van der Waals surface area (Å²) in [5.41, 5.74) is 0.708. The van der Waals surface area contributed by atoms with Gasteiger partial charge in [0, 0.05) is 42.7 Å². The van der Waals surface area contributed by atoms with Crippen LogP contribution in [0.15, 0.2) is 24.3 Å². The highest BCUT2D eigenvalue weighted by molar-refractivity contribution is 6.31. The van der Waals surface area contributed by atoms with Gasteiger partial charge in [-0.25, -0.2) is 0 Å². The summed E-state index contributed by atoms with van der Waals surface area (Å²) in [6, 6.07) is 7.04. The van der Waals surface area contributed by atoms with E-state index in [2.05, 4.69) is 10.6 Å². The minimum absolute atomic E-state index is 0.0624. The van der Waals surface area contributed by atoms with Crippen LogP contribution < -0.4 is 15.5 Å². The Hall–Kier alpha value is -2.08. The molecule has 1 aromatic carbocycles. The molecule has 1 aliphatic carbocycles. The number of hydrogen-bond acceptors (Lipinski definition) is 3. The Morgan fingerprint density at radius 1 is 1.12 bits per heavy atom. The summed E-state index contributed by atoms with van der Waals surface area (Å²) in [5.74, 6) is -0.393. The summed E-state index contributed by atoms with van der Waals surface area (Å²) in [7, 11) is 0. The highest BCUT2D eigenvalue weighted by Crippen LogP contribution is 2.28. The Morgan fingerprint density at radius 3 is 2.42 bits per heavy atom.